The van der Waals surface area contributed by atoms with Crippen molar-refractivity contribution in [1.29, 1.82) is 0 Å². The van der Waals surface area contributed by atoms with Crippen LogP contribution in [0.4, 0.5) is 5.95 Å². The Kier molecular flexibility index (Phi) is 5.53. The molecule has 1 aliphatic carbocycles. The van der Waals surface area contributed by atoms with Crippen LogP contribution in [0.15, 0.2) is 60.8 Å². The van der Waals surface area contributed by atoms with Crippen molar-refractivity contribution in [3.63, 3.8) is 0 Å². The fourth-order valence-electron chi connectivity index (χ4n) is 6.04. The third-order valence-electron chi connectivity index (χ3n) is 8.36. The van der Waals surface area contributed by atoms with Crippen LogP contribution < -0.4 is 15.0 Å². The Morgan fingerprint density at radius 3 is 2.38 bits per heavy atom. The molecule has 3 aliphatic rings. The van der Waals surface area contributed by atoms with Crippen LogP contribution >= 0.6 is 0 Å². The number of rotatable bonds is 6. The molecule has 34 heavy (non-hydrogen) atoms. The van der Waals surface area contributed by atoms with E-state index in [1.54, 1.807) is 0 Å². The Hall–Kier alpha value is -2.92. The molecule has 0 amide bonds. The van der Waals surface area contributed by atoms with Gasteiger partial charge in [-0.15, -0.1) is 0 Å². The molecule has 2 saturated heterocycles. The SMILES string of the molecule is Cc1ccc(C2(c3ccc(OCc4ccnc(N5CCC6(CCNC6)C5)n4)cc3)CCC2)cc1. The zero-order valence-electron chi connectivity index (χ0n) is 20.1. The Bertz CT molecular complexity index is 1130. The van der Waals surface area contributed by atoms with Crippen LogP contribution in [0.1, 0.15) is 54.5 Å². The summed E-state index contributed by atoms with van der Waals surface area (Å²) in [6.45, 7) is 6.95. The fraction of sp³-hybridized carbons (Fsp3) is 0.448. The Labute approximate surface area is 202 Å². The fourth-order valence-corrected chi connectivity index (χ4v) is 6.04. The van der Waals surface area contributed by atoms with Crippen molar-refractivity contribution in [1.82, 2.24) is 15.3 Å². The zero-order valence-corrected chi connectivity index (χ0v) is 20.1. The highest BCUT2D eigenvalue weighted by Gasteiger charge is 2.41. The zero-order chi connectivity index (χ0) is 23.0. The van der Waals surface area contributed by atoms with Crippen molar-refractivity contribution in [2.24, 2.45) is 5.41 Å². The van der Waals surface area contributed by atoms with Crippen LogP contribution in [0.5, 0.6) is 5.75 Å². The van der Waals surface area contributed by atoms with Gasteiger partial charge in [0.25, 0.3) is 0 Å². The molecule has 1 atom stereocenters. The van der Waals surface area contributed by atoms with Gasteiger partial charge >= 0.3 is 0 Å². The van der Waals surface area contributed by atoms with Gasteiger partial charge in [0.2, 0.25) is 5.95 Å². The molecule has 0 bridgehead atoms. The molecule has 2 aliphatic heterocycles. The second-order valence-electron chi connectivity index (χ2n) is 10.6. The standard InChI is InChI=1S/C29H34N4O/c1-22-3-5-23(6-4-22)29(12-2-13-29)24-7-9-26(10-8-24)34-19-25-11-16-31-27(32-25)33-18-15-28(21-33)14-17-30-20-28/h3-11,16,30H,2,12-15,17-21H2,1H3. The minimum Gasteiger partial charge on any atom is -0.487 e. The van der Waals surface area contributed by atoms with E-state index >= 15 is 0 Å². The van der Waals surface area contributed by atoms with Gasteiger partial charge in [0.1, 0.15) is 12.4 Å². The van der Waals surface area contributed by atoms with Gasteiger partial charge in [-0.05, 0) is 68.5 Å². The predicted molar refractivity (Wildman–Crippen MR) is 135 cm³/mol. The molecule has 1 aromatic heterocycles. The first kappa shape index (κ1) is 21.6. The molecule has 6 rings (SSSR count). The number of anilines is 1. The summed E-state index contributed by atoms with van der Waals surface area (Å²) in [5.41, 5.74) is 5.64. The lowest BCUT2D eigenvalue weighted by atomic mass is 9.60. The van der Waals surface area contributed by atoms with Gasteiger partial charge in [0.05, 0.1) is 5.69 Å². The van der Waals surface area contributed by atoms with Crippen molar-refractivity contribution in [3.05, 3.63) is 83.2 Å². The van der Waals surface area contributed by atoms with E-state index in [4.69, 9.17) is 9.72 Å². The third-order valence-corrected chi connectivity index (χ3v) is 8.36. The van der Waals surface area contributed by atoms with Gasteiger partial charge in [-0.3, -0.25) is 0 Å². The van der Waals surface area contributed by atoms with Crippen molar-refractivity contribution in [2.75, 3.05) is 31.1 Å². The van der Waals surface area contributed by atoms with Crippen LogP contribution in [-0.4, -0.2) is 36.1 Å². The minimum absolute atomic E-state index is 0.162. The molecule has 1 N–H and O–H groups in total. The Morgan fingerprint density at radius 2 is 1.71 bits per heavy atom. The second-order valence-corrected chi connectivity index (χ2v) is 10.6. The van der Waals surface area contributed by atoms with E-state index < -0.39 is 0 Å². The first-order chi connectivity index (χ1) is 16.6. The van der Waals surface area contributed by atoms with E-state index in [1.807, 2.05) is 12.3 Å². The van der Waals surface area contributed by atoms with Gasteiger partial charge in [0.15, 0.2) is 0 Å². The van der Waals surface area contributed by atoms with Crippen LogP contribution in [0, 0.1) is 12.3 Å². The largest absolute Gasteiger partial charge is 0.487 e. The normalized spacial score (nSPS) is 23.3. The van der Waals surface area contributed by atoms with Crippen LogP contribution in [0.3, 0.4) is 0 Å². The highest BCUT2D eigenvalue weighted by Crippen LogP contribution is 2.49. The Morgan fingerprint density at radius 1 is 0.941 bits per heavy atom. The van der Waals surface area contributed by atoms with E-state index in [9.17, 15) is 0 Å². The van der Waals surface area contributed by atoms with Crippen LogP contribution in [-0.2, 0) is 12.0 Å². The average molecular weight is 455 g/mol. The number of aryl methyl sites for hydroxylation is 1. The van der Waals surface area contributed by atoms with Crippen LogP contribution in [0.25, 0.3) is 0 Å². The summed E-state index contributed by atoms with van der Waals surface area (Å²) in [5, 5.41) is 3.52. The summed E-state index contributed by atoms with van der Waals surface area (Å²) in [6.07, 6.45) is 8.07. The molecule has 3 fully saturated rings. The third kappa shape index (κ3) is 3.96. The van der Waals surface area contributed by atoms with E-state index in [0.29, 0.717) is 12.0 Å². The molecule has 5 heteroatoms. The maximum Gasteiger partial charge on any atom is 0.225 e. The maximum atomic E-state index is 6.12. The smallest absolute Gasteiger partial charge is 0.225 e. The monoisotopic (exact) mass is 454 g/mol. The molecule has 1 spiro atoms. The summed E-state index contributed by atoms with van der Waals surface area (Å²) < 4.78 is 6.12. The summed E-state index contributed by atoms with van der Waals surface area (Å²) in [6, 6.07) is 19.8. The van der Waals surface area contributed by atoms with E-state index in [0.717, 1.165) is 43.6 Å². The lowest BCUT2D eigenvalue weighted by Gasteiger charge is -2.43. The van der Waals surface area contributed by atoms with Crippen molar-refractivity contribution < 1.29 is 4.74 Å². The van der Waals surface area contributed by atoms with Crippen molar-refractivity contribution >= 4 is 5.95 Å². The first-order valence-electron chi connectivity index (χ1n) is 12.7. The highest BCUT2D eigenvalue weighted by atomic mass is 16.5. The molecular formula is C29H34N4O. The van der Waals surface area contributed by atoms with Crippen molar-refractivity contribution in [2.45, 2.75) is 51.0 Å². The number of ether oxygens (including phenoxy) is 1. The molecule has 176 valence electrons. The average Bonchev–Trinajstić information content (AvgIpc) is 3.49. The number of nitrogens with one attached hydrogen (secondary N) is 1. The number of benzene rings is 2. The molecule has 2 aromatic carbocycles. The topological polar surface area (TPSA) is 50.3 Å². The minimum atomic E-state index is 0.162. The second kappa shape index (κ2) is 8.70. The number of aromatic nitrogens is 2. The molecule has 3 aromatic rings. The summed E-state index contributed by atoms with van der Waals surface area (Å²) >= 11 is 0. The lowest BCUT2D eigenvalue weighted by molar-refractivity contribution is 0.294. The van der Waals surface area contributed by atoms with Gasteiger partial charge in [-0.1, -0.05) is 48.4 Å². The van der Waals surface area contributed by atoms with E-state index in [2.05, 4.69) is 70.7 Å². The molecule has 1 saturated carbocycles. The predicted octanol–water partition coefficient (Wildman–Crippen LogP) is 5.02. The molecule has 5 nitrogen and oxygen atoms in total. The molecular weight excluding hydrogens is 420 g/mol. The summed E-state index contributed by atoms with van der Waals surface area (Å²) in [7, 11) is 0. The molecule has 0 radical (unpaired) electrons. The summed E-state index contributed by atoms with van der Waals surface area (Å²) in [4.78, 5) is 11.7. The Balaban J connectivity index is 1.11. The number of hydrogen-bond donors (Lipinski definition) is 1. The molecule has 1 unspecified atom stereocenters. The van der Waals surface area contributed by atoms with Gasteiger partial charge in [-0.25, -0.2) is 9.97 Å². The van der Waals surface area contributed by atoms with Crippen LogP contribution in [0.2, 0.25) is 0 Å². The first-order valence-corrected chi connectivity index (χ1v) is 12.7. The summed E-state index contributed by atoms with van der Waals surface area (Å²) in [5.74, 6) is 1.73. The van der Waals surface area contributed by atoms with Gasteiger partial charge in [-0.2, -0.15) is 0 Å². The van der Waals surface area contributed by atoms with E-state index in [1.165, 1.54) is 48.8 Å². The van der Waals surface area contributed by atoms with Gasteiger partial charge in [0, 0.05) is 36.7 Å². The lowest BCUT2D eigenvalue weighted by Crippen LogP contribution is -2.35. The number of nitrogens with zero attached hydrogens (tertiary/aromatic N) is 3. The highest BCUT2D eigenvalue weighted by molar-refractivity contribution is 5.44. The number of hydrogen-bond acceptors (Lipinski definition) is 5. The van der Waals surface area contributed by atoms with Crippen molar-refractivity contribution in [3.8, 4) is 5.75 Å². The molecule has 3 heterocycles. The maximum absolute atomic E-state index is 6.12. The quantitative estimate of drug-likeness (QED) is 0.567. The van der Waals surface area contributed by atoms with E-state index in [-0.39, 0.29) is 5.41 Å². The van der Waals surface area contributed by atoms with Gasteiger partial charge < -0.3 is 15.0 Å².